The topological polar surface area (TPSA) is 49.4 Å². The number of nitrogens with one attached hydrogen (secondary N) is 1. The van der Waals surface area contributed by atoms with E-state index in [9.17, 15) is 9.59 Å². The lowest BCUT2D eigenvalue weighted by Gasteiger charge is -2.30. The Balaban J connectivity index is 1.81. The van der Waals surface area contributed by atoms with Gasteiger partial charge in [-0.05, 0) is 37.3 Å². The maximum atomic E-state index is 12.9. The van der Waals surface area contributed by atoms with E-state index in [0.29, 0.717) is 13.1 Å². The fraction of sp³-hybridized carbons (Fsp3) is 0.474. The van der Waals surface area contributed by atoms with E-state index in [0.717, 1.165) is 36.8 Å². The van der Waals surface area contributed by atoms with Crippen molar-refractivity contribution in [1.29, 1.82) is 0 Å². The van der Waals surface area contributed by atoms with Crippen molar-refractivity contribution >= 4 is 11.8 Å². The number of hydrogen-bond donors (Lipinski definition) is 1. The molecule has 1 saturated carbocycles. The van der Waals surface area contributed by atoms with E-state index in [1.807, 2.05) is 30.0 Å². The van der Waals surface area contributed by atoms with Crippen LogP contribution in [0.3, 0.4) is 0 Å². The van der Waals surface area contributed by atoms with Gasteiger partial charge in [-0.2, -0.15) is 0 Å². The zero-order valence-electron chi connectivity index (χ0n) is 13.7. The van der Waals surface area contributed by atoms with Crippen molar-refractivity contribution in [2.24, 2.45) is 0 Å². The lowest BCUT2D eigenvalue weighted by atomic mass is 9.88. The second-order valence-electron chi connectivity index (χ2n) is 6.31. The third-order valence-electron chi connectivity index (χ3n) is 4.77. The number of benzene rings is 1. The zero-order valence-corrected chi connectivity index (χ0v) is 13.7. The van der Waals surface area contributed by atoms with Gasteiger partial charge >= 0.3 is 0 Å². The van der Waals surface area contributed by atoms with Gasteiger partial charge in [-0.1, -0.05) is 36.8 Å². The monoisotopic (exact) mass is 312 g/mol. The first-order valence-corrected chi connectivity index (χ1v) is 8.54. The van der Waals surface area contributed by atoms with E-state index in [2.05, 4.69) is 17.4 Å². The van der Waals surface area contributed by atoms with Crippen LogP contribution < -0.4 is 5.32 Å². The molecule has 4 heteroatoms. The molecule has 1 atom stereocenters. The molecule has 1 aliphatic heterocycles. The number of carbonyl (C=O) groups excluding carboxylic acids is 2. The van der Waals surface area contributed by atoms with E-state index in [4.69, 9.17) is 0 Å². The Labute approximate surface area is 137 Å². The zero-order chi connectivity index (χ0) is 16.2. The molecule has 2 aliphatic rings. The van der Waals surface area contributed by atoms with E-state index in [1.165, 1.54) is 5.57 Å². The molecule has 0 spiro atoms. The van der Waals surface area contributed by atoms with Crippen molar-refractivity contribution in [3.63, 3.8) is 0 Å². The Morgan fingerprint density at radius 2 is 2.04 bits per heavy atom. The fourth-order valence-corrected chi connectivity index (χ4v) is 3.71. The minimum Gasteiger partial charge on any atom is -0.356 e. The molecule has 3 rings (SSSR count). The van der Waals surface area contributed by atoms with Gasteiger partial charge in [0.25, 0.3) is 5.91 Å². The summed E-state index contributed by atoms with van der Waals surface area (Å²) >= 11 is 0. The summed E-state index contributed by atoms with van der Waals surface area (Å²) in [5, 5.41) is 2.81. The quantitative estimate of drug-likeness (QED) is 0.909. The summed E-state index contributed by atoms with van der Waals surface area (Å²) in [4.78, 5) is 26.8. The van der Waals surface area contributed by atoms with Gasteiger partial charge in [0.2, 0.25) is 5.91 Å². The van der Waals surface area contributed by atoms with Crippen LogP contribution in [0.2, 0.25) is 0 Å². The number of amides is 2. The first-order valence-electron chi connectivity index (χ1n) is 8.54. The molecule has 122 valence electrons. The van der Waals surface area contributed by atoms with Crippen LogP contribution in [-0.4, -0.2) is 29.3 Å². The Morgan fingerprint density at radius 3 is 2.78 bits per heavy atom. The summed E-state index contributed by atoms with van der Waals surface area (Å²) in [7, 11) is 0. The molecule has 1 aromatic carbocycles. The molecule has 0 saturated heterocycles. The molecule has 1 aliphatic carbocycles. The molecule has 2 amide bonds. The van der Waals surface area contributed by atoms with Crippen molar-refractivity contribution in [2.45, 2.75) is 51.6 Å². The second-order valence-corrected chi connectivity index (χ2v) is 6.31. The molecular formula is C19H24N2O2. The molecule has 0 bridgehead atoms. The van der Waals surface area contributed by atoms with E-state index in [-0.39, 0.29) is 24.3 Å². The third kappa shape index (κ3) is 3.31. The highest BCUT2D eigenvalue weighted by molar-refractivity contribution is 6.02. The second kappa shape index (κ2) is 6.99. The number of carbonyl (C=O) groups is 2. The van der Waals surface area contributed by atoms with E-state index < -0.39 is 0 Å². The average molecular weight is 312 g/mol. The molecule has 0 radical (unpaired) electrons. The van der Waals surface area contributed by atoms with Crippen LogP contribution in [0.15, 0.2) is 41.5 Å². The average Bonchev–Trinajstić information content (AvgIpc) is 2.82. The summed E-state index contributed by atoms with van der Waals surface area (Å²) in [6, 6.07) is 10.3. The van der Waals surface area contributed by atoms with Crippen LogP contribution in [0.1, 0.15) is 44.6 Å². The third-order valence-corrected chi connectivity index (χ3v) is 4.77. The minimum absolute atomic E-state index is 0.0470. The van der Waals surface area contributed by atoms with Crippen LogP contribution in [0, 0.1) is 0 Å². The molecular weight excluding hydrogens is 288 g/mol. The van der Waals surface area contributed by atoms with Crippen LogP contribution in [-0.2, 0) is 16.1 Å². The predicted octanol–water partition coefficient (Wildman–Crippen LogP) is 2.79. The van der Waals surface area contributed by atoms with Crippen molar-refractivity contribution < 1.29 is 9.59 Å². The minimum atomic E-state index is -0.0470. The van der Waals surface area contributed by atoms with E-state index >= 15 is 0 Å². The SMILES string of the molecule is CCNC(=O)CC1=C2CCCCC2N(Cc2ccccc2)C1=O. The smallest absolute Gasteiger partial charge is 0.251 e. The molecule has 1 aromatic rings. The summed E-state index contributed by atoms with van der Waals surface area (Å²) in [6.07, 6.45) is 4.48. The molecule has 1 N–H and O–H groups in total. The van der Waals surface area contributed by atoms with Gasteiger partial charge < -0.3 is 10.2 Å². The summed E-state index contributed by atoms with van der Waals surface area (Å²) in [5.74, 6) is 0.0104. The Bertz CT molecular complexity index is 622. The molecule has 1 unspecified atom stereocenters. The standard InChI is InChI=1S/C19H24N2O2/c1-2-20-18(22)12-16-15-10-6-7-11-17(15)21(19(16)23)13-14-8-4-3-5-9-14/h3-5,8-9,17H,2,6-7,10-13H2,1H3,(H,20,22). The number of hydrogen-bond acceptors (Lipinski definition) is 2. The van der Waals surface area contributed by atoms with Crippen LogP contribution in [0.5, 0.6) is 0 Å². The van der Waals surface area contributed by atoms with Crippen molar-refractivity contribution in [1.82, 2.24) is 10.2 Å². The lowest BCUT2D eigenvalue weighted by Crippen LogP contribution is -2.36. The summed E-state index contributed by atoms with van der Waals surface area (Å²) in [5.41, 5.74) is 3.10. The first kappa shape index (κ1) is 15.8. The van der Waals surface area contributed by atoms with Crippen LogP contribution in [0.4, 0.5) is 0 Å². The Morgan fingerprint density at radius 1 is 1.26 bits per heavy atom. The normalized spacial score (nSPS) is 20.7. The number of fused-ring (bicyclic) bond motifs is 1. The van der Waals surface area contributed by atoms with Gasteiger partial charge in [-0.25, -0.2) is 0 Å². The van der Waals surface area contributed by atoms with E-state index in [1.54, 1.807) is 0 Å². The van der Waals surface area contributed by atoms with Gasteiger partial charge in [0.05, 0.1) is 12.5 Å². The summed E-state index contributed by atoms with van der Waals surface area (Å²) in [6.45, 7) is 3.14. The Kier molecular flexibility index (Phi) is 4.79. The predicted molar refractivity (Wildman–Crippen MR) is 89.6 cm³/mol. The number of rotatable bonds is 5. The lowest BCUT2D eigenvalue weighted by molar-refractivity contribution is -0.129. The van der Waals surface area contributed by atoms with Crippen LogP contribution in [0.25, 0.3) is 0 Å². The van der Waals surface area contributed by atoms with Gasteiger partial charge in [-0.3, -0.25) is 9.59 Å². The van der Waals surface area contributed by atoms with Crippen molar-refractivity contribution in [3.8, 4) is 0 Å². The first-order chi connectivity index (χ1) is 11.2. The molecule has 0 aromatic heterocycles. The maximum Gasteiger partial charge on any atom is 0.251 e. The van der Waals surface area contributed by atoms with Crippen molar-refractivity contribution in [2.75, 3.05) is 6.54 Å². The molecule has 1 heterocycles. The van der Waals surface area contributed by atoms with Gasteiger partial charge in [0.15, 0.2) is 0 Å². The fourth-order valence-electron chi connectivity index (χ4n) is 3.71. The molecule has 23 heavy (non-hydrogen) atoms. The highest BCUT2D eigenvalue weighted by atomic mass is 16.2. The molecule has 1 fully saturated rings. The highest BCUT2D eigenvalue weighted by Gasteiger charge is 2.40. The number of nitrogens with zero attached hydrogens (tertiary/aromatic N) is 1. The Hall–Kier alpha value is -2.10. The van der Waals surface area contributed by atoms with Crippen LogP contribution >= 0.6 is 0 Å². The highest BCUT2D eigenvalue weighted by Crippen LogP contribution is 2.38. The van der Waals surface area contributed by atoms with Gasteiger partial charge in [0, 0.05) is 18.7 Å². The maximum absolute atomic E-state index is 12.9. The summed E-state index contributed by atoms with van der Waals surface area (Å²) < 4.78 is 0. The van der Waals surface area contributed by atoms with Gasteiger partial charge in [0.1, 0.15) is 0 Å². The molecule has 4 nitrogen and oxygen atoms in total. The van der Waals surface area contributed by atoms with Gasteiger partial charge in [-0.15, -0.1) is 0 Å². The largest absolute Gasteiger partial charge is 0.356 e. The van der Waals surface area contributed by atoms with Crippen molar-refractivity contribution in [3.05, 3.63) is 47.0 Å².